The number of nitrogens with zero attached hydrogens (tertiary/aromatic N) is 3. The van der Waals surface area contributed by atoms with Gasteiger partial charge in [-0.25, -0.2) is 0 Å². The summed E-state index contributed by atoms with van der Waals surface area (Å²) in [6.45, 7) is 5.25. The highest BCUT2D eigenvalue weighted by molar-refractivity contribution is 7.15. The molecule has 0 aliphatic rings. The molecule has 7 heteroatoms. The smallest absolute Gasteiger partial charge is 0.291 e. The zero-order chi connectivity index (χ0) is 20.2. The van der Waals surface area contributed by atoms with E-state index >= 15 is 0 Å². The normalized spacial score (nSPS) is 11.9. The molecule has 2 aromatic heterocycles. The van der Waals surface area contributed by atoms with Crippen LogP contribution in [0.3, 0.4) is 0 Å². The second-order valence-electron chi connectivity index (χ2n) is 6.39. The minimum Gasteiger partial charge on any atom is -0.494 e. The first kappa shape index (κ1) is 19.1. The van der Waals surface area contributed by atoms with Gasteiger partial charge >= 0.3 is 0 Å². The van der Waals surface area contributed by atoms with Crippen molar-refractivity contribution in [2.45, 2.75) is 20.3 Å². The number of thiazole rings is 1. The van der Waals surface area contributed by atoms with E-state index < -0.39 is 0 Å². The number of rotatable bonds is 7. The van der Waals surface area contributed by atoms with Gasteiger partial charge in [0.15, 0.2) is 5.82 Å². The molecule has 0 saturated carbocycles. The lowest BCUT2D eigenvalue weighted by molar-refractivity contribution is 0.317. The number of hydrogen-bond acceptors (Lipinski definition) is 6. The number of aromatic nitrogens is 3. The molecule has 0 fully saturated rings. The first-order valence-corrected chi connectivity index (χ1v) is 10.4. The number of fused-ring (bicyclic) bond motifs is 1. The number of ether oxygens (including phenoxy) is 2. The van der Waals surface area contributed by atoms with Crippen LogP contribution in [0.5, 0.6) is 11.5 Å². The summed E-state index contributed by atoms with van der Waals surface area (Å²) in [5.41, 5.74) is 1.53. The Labute approximate surface area is 172 Å². The molecule has 148 valence electrons. The Hall–Kier alpha value is -3.19. The molecule has 0 aliphatic carbocycles. The van der Waals surface area contributed by atoms with E-state index in [2.05, 4.69) is 17.0 Å². The Balaban J connectivity index is 1.69. The third-order valence-electron chi connectivity index (χ3n) is 4.27. The van der Waals surface area contributed by atoms with E-state index in [0.717, 1.165) is 29.0 Å². The fourth-order valence-electron chi connectivity index (χ4n) is 2.91. The van der Waals surface area contributed by atoms with E-state index in [-0.39, 0.29) is 5.56 Å². The summed E-state index contributed by atoms with van der Waals surface area (Å²) < 4.78 is 13.2. The molecule has 0 aliphatic heterocycles. The minimum atomic E-state index is -0.181. The Bertz CT molecular complexity index is 1230. The van der Waals surface area contributed by atoms with E-state index in [9.17, 15) is 4.79 Å². The summed E-state index contributed by atoms with van der Waals surface area (Å²) in [5, 5.41) is 4.40. The molecule has 6 nitrogen and oxygen atoms in total. The van der Waals surface area contributed by atoms with Crippen LogP contribution in [0.2, 0.25) is 0 Å². The third kappa shape index (κ3) is 4.00. The van der Waals surface area contributed by atoms with E-state index in [1.807, 2.05) is 61.5 Å². The molecule has 0 amide bonds. The zero-order valence-corrected chi connectivity index (χ0v) is 17.1. The van der Waals surface area contributed by atoms with Gasteiger partial charge in [-0.2, -0.15) is 9.50 Å². The van der Waals surface area contributed by atoms with Crippen molar-refractivity contribution in [2.24, 2.45) is 0 Å². The highest BCUT2D eigenvalue weighted by Gasteiger charge is 2.12. The second kappa shape index (κ2) is 8.45. The summed E-state index contributed by atoms with van der Waals surface area (Å²) in [4.78, 5) is 17.9. The van der Waals surface area contributed by atoms with Crippen LogP contribution >= 0.6 is 11.3 Å². The van der Waals surface area contributed by atoms with E-state index in [0.29, 0.717) is 28.5 Å². The van der Waals surface area contributed by atoms with Crippen molar-refractivity contribution in [1.29, 1.82) is 0 Å². The summed E-state index contributed by atoms with van der Waals surface area (Å²) in [6, 6.07) is 15.2. The molecular weight excluding hydrogens is 386 g/mol. The number of hydrogen-bond donors (Lipinski definition) is 0. The molecule has 2 heterocycles. The number of para-hydroxylation sites is 1. The maximum Gasteiger partial charge on any atom is 0.291 e. The molecule has 0 N–H and O–H groups in total. The van der Waals surface area contributed by atoms with Crippen LogP contribution in [0.25, 0.3) is 22.4 Å². The zero-order valence-electron chi connectivity index (χ0n) is 16.3. The first-order chi connectivity index (χ1) is 14.2. The lowest BCUT2D eigenvalue weighted by Gasteiger charge is -2.07. The molecule has 2 aromatic carbocycles. The minimum absolute atomic E-state index is 0.181. The predicted octanol–water partition coefficient (Wildman–Crippen LogP) is 3.55. The van der Waals surface area contributed by atoms with E-state index in [1.165, 1.54) is 15.9 Å². The van der Waals surface area contributed by atoms with Gasteiger partial charge in [0.1, 0.15) is 11.5 Å². The molecule has 4 aromatic rings. The van der Waals surface area contributed by atoms with Gasteiger partial charge in [0.2, 0.25) is 4.96 Å². The molecule has 0 unspecified atom stereocenters. The Morgan fingerprint density at radius 1 is 1.07 bits per heavy atom. The van der Waals surface area contributed by atoms with Crippen LogP contribution in [-0.2, 0) is 0 Å². The highest BCUT2D eigenvalue weighted by atomic mass is 32.1. The summed E-state index contributed by atoms with van der Waals surface area (Å²) in [6.07, 6.45) is 2.76. The van der Waals surface area contributed by atoms with Crippen LogP contribution in [0, 0.1) is 0 Å². The lowest BCUT2D eigenvalue weighted by atomic mass is 10.2. The van der Waals surface area contributed by atoms with Crippen molar-refractivity contribution in [3.05, 3.63) is 69.0 Å². The fraction of sp³-hybridized carbons (Fsp3) is 0.227. The van der Waals surface area contributed by atoms with E-state index in [1.54, 1.807) is 0 Å². The average Bonchev–Trinajstić information content (AvgIpc) is 3.28. The van der Waals surface area contributed by atoms with Crippen LogP contribution in [0.4, 0.5) is 0 Å². The van der Waals surface area contributed by atoms with Crippen molar-refractivity contribution in [1.82, 2.24) is 14.6 Å². The molecule has 0 spiro atoms. The quantitative estimate of drug-likeness (QED) is 0.469. The van der Waals surface area contributed by atoms with Crippen molar-refractivity contribution >= 4 is 22.4 Å². The van der Waals surface area contributed by atoms with Gasteiger partial charge in [0.25, 0.3) is 5.56 Å². The summed E-state index contributed by atoms with van der Waals surface area (Å²) >= 11 is 1.32. The molecule has 0 bridgehead atoms. The maximum atomic E-state index is 12.8. The maximum absolute atomic E-state index is 12.8. The van der Waals surface area contributed by atoms with Gasteiger partial charge in [-0.3, -0.25) is 4.79 Å². The van der Waals surface area contributed by atoms with E-state index in [4.69, 9.17) is 9.47 Å². The summed E-state index contributed by atoms with van der Waals surface area (Å²) in [5.74, 6) is 2.08. The Morgan fingerprint density at radius 2 is 1.86 bits per heavy atom. The van der Waals surface area contributed by atoms with Crippen molar-refractivity contribution in [3.63, 3.8) is 0 Å². The van der Waals surface area contributed by atoms with Gasteiger partial charge in [0, 0.05) is 11.1 Å². The first-order valence-electron chi connectivity index (χ1n) is 9.56. The van der Waals surface area contributed by atoms with Gasteiger partial charge in [-0.15, -0.1) is 5.10 Å². The summed E-state index contributed by atoms with van der Waals surface area (Å²) in [7, 11) is 0. The molecule has 29 heavy (non-hydrogen) atoms. The molecule has 0 atom stereocenters. The van der Waals surface area contributed by atoms with Crippen LogP contribution in [0.1, 0.15) is 25.8 Å². The molecule has 4 rings (SSSR count). The lowest BCUT2D eigenvalue weighted by Crippen LogP contribution is -2.23. The third-order valence-corrected chi connectivity index (χ3v) is 5.23. The van der Waals surface area contributed by atoms with Crippen molar-refractivity contribution in [3.8, 4) is 22.9 Å². The monoisotopic (exact) mass is 407 g/mol. The Kier molecular flexibility index (Phi) is 5.57. The molecular formula is C22H21N3O3S. The van der Waals surface area contributed by atoms with Crippen LogP contribution in [-0.4, -0.2) is 27.8 Å². The second-order valence-corrected chi connectivity index (χ2v) is 7.40. The van der Waals surface area contributed by atoms with Gasteiger partial charge in [-0.1, -0.05) is 36.5 Å². The van der Waals surface area contributed by atoms with Crippen LogP contribution < -0.4 is 19.6 Å². The topological polar surface area (TPSA) is 65.7 Å². The fourth-order valence-corrected chi connectivity index (χ4v) is 3.81. The van der Waals surface area contributed by atoms with Crippen molar-refractivity contribution in [2.75, 3.05) is 13.2 Å². The molecule has 0 saturated heterocycles. The van der Waals surface area contributed by atoms with Gasteiger partial charge in [-0.05, 0) is 49.8 Å². The van der Waals surface area contributed by atoms with Gasteiger partial charge < -0.3 is 9.47 Å². The Morgan fingerprint density at radius 3 is 2.59 bits per heavy atom. The standard InChI is InChI=1S/C22H21N3O3S/c1-3-13-28-18-8-6-5-7-16(18)14-19-21(26)25-22(29-19)23-20(24-25)15-9-11-17(12-10-15)27-4-2/h5-12,14H,3-4,13H2,1-2H3/b19-14+. The highest BCUT2D eigenvalue weighted by Crippen LogP contribution is 2.21. The van der Waals surface area contributed by atoms with Crippen LogP contribution in [0.15, 0.2) is 53.3 Å². The predicted molar refractivity (Wildman–Crippen MR) is 115 cm³/mol. The van der Waals surface area contributed by atoms with Gasteiger partial charge in [0.05, 0.1) is 17.7 Å². The average molecular weight is 407 g/mol. The largest absolute Gasteiger partial charge is 0.494 e. The molecule has 0 radical (unpaired) electrons. The SMILES string of the molecule is CCCOc1ccccc1/C=c1/sc2nc(-c3ccc(OCC)cc3)nn2c1=O. The van der Waals surface area contributed by atoms with Crippen molar-refractivity contribution < 1.29 is 9.47 Å². The number of benzene rings is 2.